The topological polar surface area (TPSA) is 66.4 Å². The van der Waals surface area contributed by atoms with Gasteiger partial charge in [0, 0.05) is 11.6 Å². The molecule has 0 bridgehead atoms. The van der Waals surface area contributed by atoms with Crippen LogP contribution in [0, 0.1) is 18.7 Å². The van der Waals surface area contributed by atoms with Crippen molar-refractivity contribution in [2.24, 2.45) is 5.92 Å². The Morgan fingerprint density at radius 3 is 2.47 bits per heavy atom. The van der Waals surface area contributed by atoms with Gasteiger partial charge in [0.2, 0.25) is 0 Å². The molecule has 1 unspecified atom stereocenters. The smallest absolute Gasteiger partial charge is 0.305 e. The van der Waals surface area contributed by atoms with Crippen molar-refractivity contribution in [3.05, 3.63) is 35.1 Å². The molecule has 0 heterocycles. The van der Waals surface area contributed by atoms with E-state index in [1.165, 1.54) is 12.1 Å². The van der Waals surface area contributed by atoms with E-state index in [1.54, 1.807) is 6.92 Å². The average Bonchev–Trinajstić information content (AvgIpc) is 2.31. The monoisotopic (exact) mass is 267 g/mol. The molecule has 0 aliphatic carbocycles. The molecule has 104 valence electrons. The summed E-state index contributed by atoms with van der Waals surface area (Å²) in [5.41, 5.74) is 0.654. The van der Waals surface area contributed by atoms with Gasteiger partial charge in [-0.3, -0.25) is 9.59 Å². The molecule has 1 atom stereocenters. The van der Waals surface area contributed by atoms with Gasteiger partial charge in [-0.2, -0.15) is 0 Å². The lowest BCUT2D eigenvalue weighted by Gasteiger charge is -2.20. The van der Waals surface area contributed by atoms with E-state index in [2.05, 4.69) is 5.32 Å². The molecule has 0 radical (unpaired) electrons. The molecule has 0 saturated carbocycles. The number of carbonyl (C=O) groups is 2. The van der Waals surface area contributed by atoms with Crippen molar-refractivity contribution in [3.63, 3.8) is 0 Å². The Kier molecular flexibility index (Phi) is 5.03. The summed E-state index contributed by atoms with van der Waals surface area (Å²) in [7, 11) is 0. The average molecular weight is 267 g/mol. The Morgan fingerprint density at radius 2 is 2.00 bits per heavy atom. The zero-order valence-electron chi connectivity index (χ0n) is 11.2. The second-order valence-electron chi connectivity index (χ2n) is 4.89. The van der Waals surface area contributed by atoms with Crippen LogP contribution in [0.25, 0.3) is 0 Å². The number of carboxylic acid groups (broad SMARTS) is 1. The third kappa shape index (κ3) is 4.35. The molecule has 1 aromatic rings. The van der Waals surface area contributed by atoms with Crippen molar-refractivity contribution < 1.29 is 19.1 Å². The maximum absolute atomic E-state index is 13.4. The fourth-order valence-electron chi connectivity index (χ4n) is 1.63. The van der Waals surface area contributed by atoms with Crippen LogP contribution < -0.4 is 5.32 Å². The molecular weight excluding hydrogens is 249 g/mol. The molecule has 0 spiro atoms. The fraction of sp³-hybridized carbons (Fsp3) is 0.429. The van der Waals surface area contributed by atoms with Crippen LogP contribution in [0.2, 0.25) is 0 Å². The van der Waals surface area contributed by atoms with E-state index in [9.17, 15) is 14.0 Å². The van der Waals surface area contributed by atoms with Gasteiger partial charge >= 0.3 is 5.97 Å². The molecular formula is C14H18FNO3. The third-order valence-corrected chi connectivity index (χ3v) is 2.95. The lowest BCUT2D eigenvalue weighted by Crippen LogP contribution is -2.40. The Hall–Kier alpha value is -1.91. The molecule has 4 nitrogen and oxygen atoms in total. The first-order chi connectivity index (χ1) is 8.81. The van der Waals surface area contributed by atoms with Gasteiger partial charge in [0.1, 0.15) is 5.82 Å². The summed E-state index contributed by atoms with van der Waals surface area (Å²) >= 11 is 0. The second kappa shape index (κ2) is 6.31. The van der Waals surface area contributed by atoms with Crippen molar-refractivity contribution in [3.8, 4) is 0 Å². The van der Waals surface area contributed by atoms with Gasteiger partial charge in [-0.05, 0) is 30.5 Å². The first-order valence-corrected chi connectivity index (χ1v) is 6.10. The van der Waals surface area contributed by atoms with Crippen LogP contribution in [-0.2, 0) is 4.79 Å². The SMILES string of the molecule is Cc1ccc(C(=O)NC(CC(=O)O)C(C)C)cc1F. The number of aryl methyl sites for hydroxylation is 1. The minimum atomic E-state index is -0.978. The highest BCUT2D eigenvalue weighted by Gasteiger charge is 2.20. The zero-order chi connectivity index (χ0) is 14.6. The van der Waals surface area contributed by atoms with Crippen LogP contribution in [0.3, 0.4) is 0 Å². The normalized spacial score (nSPS) is 12.3. The first-order valence-electron chi connectivity index (χ1n) is 6.10. The Bertz CT molecular complexity index is 486. The number of hydrogen-bond acceptors (Lipinski definition) is 2. The molecule has 1 rings (SSSR count). The van der Waals surface area contributed by atoms with Gasteiger partial charge in [0.15, 0.2) is 0 Å². The summed E-state index contributed by atoms with van der Waals surface area (Å²) in [5, 5.41) is 11.4. The largest absolute Gasteiger partial charge is 0.481 e. The van der Waals surface area contributed by atoms with Crippen LogP contribution in [0.4, 0.5) is 4.39 Å². The summed E-state index contributed by atoms with van der Waals surface area (Å²) in [4.78, 5) is 22.7. The Balaban J connectivity index is 2.81. The molecule has 0 saturated heterocycles. The highest BCUT2D eigenvalue weighted by Crippen LogP contribution is 2.11. The van der Waals surface area contributed by atoms with Crippen LogP contribution in [0.15, 0.2) is 18.2 Å². The molecule has 0 aliphatic heterocycles. The maximum Gasteiger partial charge on any atom is 0.305 e. The van der Waals surface area contributed by atoms with Gasteiger partial charge in [-0.25, -0.2) is 4.39 Å². The summed E-state index contributed by atoms with van der Waals surface area (Å²) in [6.07, 6.45) is -0.155. The number of carboxylic acids is 1. The van der Waals surface area contributed by atoms with Crippen LogP contribution >= 0.6 is 0 Å². The molecule has 19 heavy (non-hydrogen) atoms. The number of rotatable bonds is 5. The first kappa shape index (κ1) is 15.1. The van der Waals surface area contributed by atoms with Crippen molar-refractivity contribution in [2.45, 2.75) is 33.2 Å². The number of hydrogen-bond donors (Lipinski definition) is 2. The van der Waals surface area contributed by atoms with E-state index in [0.29, 0.717) is 5.56 Å². The van der Waals surface area contributed by atoms with E-state index < -0.39 is 23.7 Å². The number of carbonyl (C=O) groups excluding carboxylic acids is 1. The van der Waals surface area contributed by atoms with Crippen LogP contribution in [0.1, 0.15) is 36.2 Å². The van der Waals surface area contributed by atoms with E-state index in [1.807, 2.05) is 13.8 Å². The number of benzene rings is 1. The summed E-state index contributed by atoms with van der Waals surface area (Å²) in [5.74, 6) is -1.91. The van der Waals surface area contributed by atoms with Gasteiger partial charge in [-0.1, -0.05) is 19.9 Å². The summed E-state index contributed by atoms with van der Waals surface area (Å²) in [6.45, 7) is 5.26. The molecule has 1 aromatic carbocycles. The lowest BCUT2D eigenvalue weighted by atomic mass is 10.0. The molecule has 1 amide bonds. The van der Waals surface area contributed by atoms with E-state index in [0.717, 1.165) is 6.07 Å². The highest BCUT2D eigenvalue weighted by atomic mass is 19.1. The van der Waals surface area contributed by atoms with Crippen molar-refractivity contribution in [2.75, 3.05) is 0 Å². The maximum atomic E-state index is 13.4. The Morgan fingerprint density at radius 1 is 1.37 bits per heavy atom. The summed E-state index contributed by atoms with van der Waals surface area (Å²) < 4.78 is 13.4. The predicted octanol–water partition coefficient (Wildman–Crippen LogP) is 2.36. The Labute approximate surface area is 111 Å². The molecule has 2 N–H and O–H groups in total. The fourth-order valence-corrected chi connectivity index (χ4v) is 1.63. The molecule has 0 aromatic heterocycles. The number of amides is 1. The quantitative estimate of drug-likeness (QED) is 0.860. The number of halogens is 1. The molecule has 5 heteroatoms. The number of nitrogens with one attached hydrogen (secondary N) is 1. The predicted molar refractivity (Wildman–Crippen MR) is 69.5 cm³/mol. The lowest BCUT2D eigenvalue weighted by molar-refractivity contribution is -0.137. The minimum absolute atomic E-state index is 0.0182. The van der Waals surface area contributed by atoms with Gasteiger partial charge in [0.05, 0.1) is 6.42 Å². The van der Waals surface area contributed by atoms with Gasteiger partial charge < -0.3 is 10.4 Å². The van der Waals surface area contributed by atoms with Gasteiger partial charge in [0.25, 0.3) is 5.91 Å². The zero-order valence-corrected chi connectivity index (χ0v) is 11.2. The van der Waals surface area contributed by atoms with E-state index >= 15 is 0 Å². The molecule has 0 fully saturated rings. The minimum Gasteiger partial charge on any atom is -0.481 e. The number of aliphatic carboxylic acids is 1. The van der Waals surface area contributed by atoms with Crippen LogP contribution in [0.5, 0.6) is 0 Å². The van der Waals surface area contributed by atoms with Crippen molar-refractivity contribution >= 4 is 11.9 Å². The standard InChI is InChI=1S/C14H18FNO3/c1-8(2)12(7-13(17)18)16-14(19)10-5-4-9(3)11(15)6-10/h4-6,8,12H,7H2,1-3H3,(H,16,19)(H,17,18). The van der Waals surface area contributed by atoms with Crippen molar-refractivity contribution in [1.29, 1.82) is 0 Å². The van der Waals surface area contributed by atoms with E-state index in [4.69, 9.17) is 5.11 Å². The van der Waals surface area contributed by atoms with E-state index in [-0.39, 0.29) is 17.9 Å². The molecule has 0 aliphatic rings. The van der Waals surface area contributed by atoms with Crippen LogP contribution in [-0.4, -0.2) is 23.0 Å². The summed E-state index contributed by atoms with van der Waals surface area (Å²) in [6, 6.07) is 3.72. The van der Waals surface area contributed by atoms with Crippen molar-refractivity contribution in [1.82, 2.24) is 5.32 Å². The highest BCUT2D eigenvalue weighted by molar-refractivity contribution is 5.94. The second-order valence-corrected chi connectivity index (χ2v) is 4.89. The third-order valence-electron chi connectivity index (χ3n) is 2.95. The van der Waals surface area contributed by atoms with Gasteiger partial charge in [-0.15, -0.1) is 0 Å².